The highest BCUT2D eigenvalue weighted by molar-refractivity contribution is 7.98. The molecular weight excluding hydrogens is 236 g/mol. The van der Waals surface area contributed by atoms with Crippen LogP contribution in [-0.2, 0) is 10.5 Å². The van der Waals surface area contributed by atoms with Gasteiger partial charge in [-0.25, -0.2) is 10.9 Å². The van der Waals surface area contributed by atoms with Crippen LogP contribution in [-0.4, -0.2) is 27.5 Å². The number of rotatable bonds is 5. The normalized spacial score (nSPS) is 10.0. The zero-order valence-corrected chi connectivity index (χ0v) is 10.5. The van der Waals surface area contributed by atoms with Crippen LogP contribution in [0.15, 0.2) is 24.4 Å². The van der Waals surface area contributed by atoms with Crippen molar-refractivity contribution in [3.05, 3.63) is 30.1 Å². The van der Waals surface area contributed by atoms with Gasteiger partial charge in [0.15, 0.2) is 0 Å². The highest BCUT2D eigenvalue weighted by Gasteiger charge is 2.08. The molecule has 0 spiro atoms. The van der Waals surface area contributed by atoms with Gasteiger partial charge in [0, 0.05) is 31.0 Å². The number of carbonyl (C=O) groups is 1. The van der Waals surface area contributed by atoms with Crippen LogP contribution in [0.5, 0.6) is 0 Å². The van der Waals surface area contributed by atoms with E-state index in [0.717, 1.165) is 22.2 Å². The van der Waals surface area contributed by atoms with E-state index in [0.29, 0.717) is 6.42 Å². The van der Waals surface area contributed by atoms with Crippen molar-refractivity contribution in [3.8, 4) is 0 Å². The fourth-order valence-corrected chi connectivity index (χ4v) is 2.00. The van der Waals surface area contributed by atoms with Crippen molar-refractivity contribution in [2.75, 3.05) is 5.75 Å². The second kappa shape index (κ2) is 7.03. The molecule has 92 valence electrons. The summed E-state index contributed by atoms with van der Waals surface area (Å²) in [5, 5.41) is 8.44. The number of hydrogen-bond acceptors (Lipinski definition) is 5. The molecule has 0 bridgehead atoms. The number of amidine groups is 1. The third kappa shape index (κ3) is 4.97. The second-order valence-corrected chi connectivity index (χ2v) is 4.56. The number of pyridine rings is 1. The molecule has 0 atom stereocenters. The van der Waals surface area contributed by atoms with Crippen LogP contribution in [0.1, 0.15) is 19.0 Å². The molecule has 17 heavy (non-hydrogen) atoms. The Morgan fingerprint density at radius 2 is 2.35 bits per heavy atom. The zero-order chi connectivity index (χ0) is 12.7. The third-order valence-electron chi connectivity index (χ3n) is 2.09. The molecule has 0 unspecified atom stereocenters. The van der Waals surface area contributed by atoms with Gasteiger partial charge in [0.2, 0.25) is 5.91 Å². The van der Waals surface area contributed by atoms with Crippen molar-refractivity contribution in [2.24, 2.45) is 5.84 Å². The molecule has 1 amide bonds. The summed E-state index contributed by atoms with van der Waals surface area (Å²) in [7, 11) is 0. The molecule has 0 saturated heterocycles. The number of nitrogens with zero attached hydrogens (tertiary/aromatic N) is 2. The Bertz CT molecular complexity index is 382. The van der Waals surface area contributed by atoms with Gasteiger partial charge in [-0.3, -0.25) is 15.2 Å². The molecule has 5 nitrogen and oxygen atoms in total. The minimum absolute atomic E-state index is 0.144. The van der Waals surface area contributed by atoms with Crippen molar-refractivity contribution >= 4 is 23.5 Å². The maximum atomic E-state index is 10.9. The van der Waals surface area contributed by atoms with Gasteiger partial charge in [0.05, 0.1) is 5.69 Å². The van der Waals surface area contributed by atoms with E-state index in [1.807, 2.05) is 18.2 Å². The minimum Gasteiger partial charge on any atom is -0.287 e. The number of thioether (sulfide) groups is 1. The summed E-state index contributed by atoms with van der Waals surface area (Å²) >= 11 is 1.67. The SMILES string of the molecule is CC(=O)N(N)C(=N)CCSCc1ccccn1. The van der Waals surface area contributed by atoms with Gasteiger partial charge in [0.25, 0.3) is 0 Å². The summed E-state index contributed by atoms with van der Waals surface area (Å²) in [5.74, 6) is 6.77. The van der Waals surface area contributed by atoms with Crippen molar-refractivity contribution in [1.29, 1.82) is 5.41 Å². The predicted octanol–water partition coefficient (Wildman–Crippen LogP) is 1.40. The Morgan fingerprint density at radius 3 is 2.94 bits per heavy atom. The van der Waals surface area contributed by atoms with E-state index in [4.69, 9.17) is 11.3 Å². The van der Waals surface area contributed by atoms with Gasteiger partial charge in [-0.15, -0.1) is 0 Å². The molecule has 0 radical (unpaired) electrons. The summed E-state index contributed by atoms with van der Waals surface area (Å²) in [6.07, 6.45) is 2.24. The predicted molar refractivity (Wildman–Crippen MR) is 69.5 cm³/mol. The van der Waals surface area contributed by atoms with E-state index >= 15 is 0 Å². The molecule has 0 aliphatic rings. The van der Waals surface area contributed by atoms with Crippen LogP contribution in [0.25, 0.3) is 0 Å². The first kappa shape index (κ1) is 13.7. The fraction of sp³-hybridized carbons (Fsp3) is 0.364. The molecule has 1 heterocycles. The first-order chi connectivity index (χ1) is 8.11. The quantitative estimate of drug-likeness (QED) is 0.207. The van der Waals surface area contributed by atoms with Gasteiger partial charge in [-0.1, -0.05) is 6.07 Å². The van der Waals surface area contributed by atoms with E-state index in [9.17, 15) is 4.79 Å². The number of nitrogens with two attached hydrogens (primary N) is 1. The molecule has 0 fully saturated rings. The van der Waals surface area contributed by atoms with Crippen LogP contribution in [0.4, 0.5) is 0 Å². The summed E-state index contributed by atoms with van der Waals surface area (Å²) in [6, 6.07) is 5.79. The lowest BCUT2D eigenvalue weighted by molar-refractivity contribution is -0.125. The Labute approximate surface area is 105 Å². The van der Waals surface area contributed by atoms with Crippen molar-refractivity contribution < 1.29 is 4.79 Å². The molecule has 0 aliphatic carbocycles. The van der Waals surface area contributed by atoms with Crippen molar-refractivity contribution in [2.45, 2.75) is 19.1 Å². The highest BCUT2D eigenvalue weighted by Crippen LogP contribution is 2.11. The number of aromatic nitrogens is 1. The molecule has 3 N–H and O–H groups in total. The summed E-state index contributed by atoms with van der Waals surface area (Å²) in [5.41, 5.74) is 1.01. The average molecular weight is 252 g/mol. The maximum absolute atomic E-state index is 10.9. The van der Waals surface area contributed by atoms with Gasteiger partial charge in [-0.2, -0.15) is 11.8 Å². The molecule has 1 aromatic heterocycles. The van der Waals surface area contributed by atoms with Gasteiger partial charge in [0.1, 0.15) is 5.84 Å². The lowest BCUT2D eigenvalue weighted by atomic mass is 10.4. The van der Waals surface area contributed by atoms with E-state index in [-0.39, 0.29) is 11.7 Å². The fourth-order valence-electron chi connectivity index (χ4n) is 1.14. The van der Waals surface area contributed by atoms with E-state index in [1.54, 1.807) is 18.0 Å². The molecule has 6 heteroatoms. The molecule has 1 aromatic rings. The molecule has 0 saturated carbocycles. The standard InChI is InChI=1S/C11H16N4OS/c1-9(16)15(13)11(12)5-7-17-8-10-4-2-3-6-14-10/h2-4,6,12H,5,7-8,13H2,1H3. The average Bonchev–Trinajstić information content (AvgIpc) is 2.34. The summed E-state index contributed by atoms with van der Waals surface area (Å²) in [6.45, 7) is 1.34. The Balaban J connectivity index is 2.21. The molecule has 1 rings (SSSR count). The number of hydrogen-bond donors (Lipinski definition) is 2. The molecule has 0 aliphatic heterocycles. The lowest BCUT2D eigenvalue weighted by Gasteiger charge is -2.14. The van der Waals surface area contributed by atoms with Crippen LogP contribution in [0.2, 0.25) is 0 Å². The van der Waals surface area contributed by atoms with E-state index in [2.05, 4.69) is 4.98 Å². The monoisotopic (exact) mass is 252 g/mol. The minimum atomic E-state index is -0.315. The van der Waals surface area contributed by atoms with Crippen molar-refractivity contribution in [3.63, 3.8) is 0 Å². The van der Waals surface area contributed by atoms with Crippen LogP contribution in [0.3, 0.4) is 0 Å². The largest absolute Gasteiger partial charge is 0.287 e. The highest BCUT2D eigenvalue weighted by atomic mass is 32.2. The van der Waals surface area contributed by atoms with E-state index < -0.39 is 0 Å². The topological polar surface area (TPSA) is 83.1 Å². The van der Waals surface area contributed by atoms with Crippen molar-refractivity contribution in [1.82, 2.24) is 9.99 Å². The molecule has 0 aromatic carbocycles. The number of carbonyl (C=O) groups excluding carboxylic acids is 1. The van der Waals surface area contributed by atoms with Gasteiger partial charge >= 0.3 is 0 Å². The first-order valence-electron chi connectivity index (χ1n) is 5.21. The second-order valence-electron chi connectivity index (χ2n) is 3.46. The van der Waals surface area contributed by atoms with Crippen LogP contribution < -0.4 is 5.84 Å². The molecular formula is C11H16N4OS. The number of nitrogens with one attached hydrogen (secondary N) is 1. The third-order valence-corrected chi connectivity index (χ3v) is 3.08. The lowest BCUT2D eigenvalue weighted by Crippen LogP contribution is -2.40. The summed E-state index contributed by atoms with van der Waals surface area (Å²) < 4.78 is 0. The smallest absolute Gasteiger partial charge is 0.239 e. The zero-order valence-electron chi connectivity index (χ0n) is 9.72. The maximum Gasteiger partial charge on any atom is 0.239 e. The van der Waals surface area contributed by atoms with Crippen LogP contribution in [0, 0.1) is 5.41 Å². The van der Waals surface area contributed by atoms with Crippen LogP contribution >= 0.6 is 11.8 Å². The summed E-state index contributed by atoms with van der Waals surface area (Å²) in [4.78, 5) is 15.1. The Morgan fingerprint density at radius 1 is 1.59 bits per heavy atom. The number of hydrazine groups is 1. The number of amides is 1. The Hall–Kier alpha value is -1.40. The van der Waals surface area contributed by atoms with Gasteiger partial charge in [-0.05, 0) is 12.1 Å². The Kier molecular flexibility index (Phi) is 5.65. The first-order valence-corrected chi connectivity index (χ1v) is 6.37. The van der Waals surface area contributed by atoms with E-state index in [1.165, 1.54) is 6.92 Å². The van der Waals surface area contributed by atoms with Gasteiger partial charge < -0.3 is 0 Å².